The van der Waals surface area contributed by atoms with Crippen molar-refractivity contribution < 1.29 is 19.5 Å². The van der Waals surface area contributed by atoms with E-state index in [4.69, 9.17) is 0 Å². The molecule has 0 spiro atoms. The van der Waals surface area contributed by atoms with Gasteiger partial charge in [-0.15, -0.1) is 0 Å². The van der Waals surface area contributed by atoms with Crippen LogP contribution >= 0.6 is 20.1 Å². The summed E-state index contributed by atoms with van der Waals surface area (Å²) >= 11 is -0.678. The molecular formula is C13H23INZn-. The summed E-state index contributed by atoms with van der Waals surface area (Å²) in [5.41, 5.74) is 0. The summed E-state index contributed by atoms with van der Waals surface area (Å²) in [7, 11) is 0. The zero-order chi connectivity index (χ0) is 10.6. The van der Waals surface area contributed by atoms with Crippen LogP contribution in [0, 0.1) is 36.0 Å². The molecule has 1 heterocycles. The van der Waals surface area contributed by atoms with Gasteiger partial charge in [0.15, 0.2) is 0 Å². The minimum absolute atomic E-state index is 0. The largest absolute Gasteiger partial charge is 0 e. The Balaban J connectivity index is 0.000000963. The third-order valence-corrected chi connectivity index (χ3v) is 8.89. The maximum absolute atomic E-state index is 3.88. The Kier molecular flexibility index (Phi) is 4.40. The van der Waals surface area contributed by atoms with Gasteiger partial charge in [-0.25, -0.2) is 0 Å². The quantitative estimate of drug-likeness (QED) is 0.240. The van der Waals surface area contributed by atoms with Gasteiger partial charge in [0.25, 0.3) is 0 Å². The van der Waals surface area contributed by atoms with Crippen LogP contribution < -0.4 is 3.53 Å². The van der Waals surface area contributed by atoms with E-state index < -0.39 is 20.1 Å². The summed E-state index contributed by atoms with van der Waals surface area (Å²) in [4.78, 5) is 2.50. The zero-order valence-electron chi connectivity index (χ0n) is 10.7. The predicted octanol–water partition coefficient (Wildman–Crippen LogP) is 3.14. The second-order valence-corrected chi connectivity index (χ2v) is 10.9. The van der Waals surface area contributed by atoms with Gasteiger partial charge in [0.05, 0.1) is 0 Å². The summed E-state index contributed by atoms with van der Waals surface area (Å²) in [5.74, 6) is 5.19. The number of nitrogens with one attached hydrogen (secondary N) is 1. The maximum Gasteiger partial charge on any atom is 0 e. The van der Waals surface area contributed by atoms with E-state index in [-0.39, 0.29) is 19.5 Å². The van der Waals surface area contributed by atoms with Crippen molar-refractivity contribution in [3.05, 3.63) is 6.42 Å². The van der Waals surface area contributed by atoms with Crippen molar-refractivity contribution in [3.8, 4) is 0 Å². The SMILES string of the molecule is CC(C)C1[C@H]2C[C@H]3CI(C)N[C@H]3[CH-]C[C@@H]12.[Zn]. The van der Waals surface area contributed by atoms with Crippen LogP contribution in [0.4, 0.5) is 0 Å². The summed E-state index contributed by atoms with van der Waals surface area (Å²) in [6.07, 6.45) is 5.59. The molecule has 0 aromatic heterocycles. The topological polar surface area (TPSA) is 12.0 Å². The maximum atomic E-state index is 3.88. The molecule has 0 radical (unpaired) electrons. The van der Waals surface area contributed by atoms with Gasteiger partial charge >= 0.3 is 102 Å². The molecule has 2 aliphatic carbocycles. The van der Waals surface area contributed by atoms with Gasteiger partial charge in [0.2, 0.25) is 0 Å². The van der Waals surface area contributed by atoms with Crippen LogP contribution in [-0.4, -0.2) is 15.4 Å². The van der Waals surface area contributed by atoms with E-state index >= 15 is 0 Å². The molecule has 0 amide bonds. The second kappa shape index (κ2) is 5.13. The van der Waals surface area contributed by atoms with Gasteiger partial charge in [-0.3, -0.25) is 0 Å². The first kappa shape index (κ1) is 13.7. The Labute approximate surface area is 120 Å². The fourth-order valence-corrected chi connectivity index (χ4v) is 8.82. The van der Waals surface area contributed by atoms with Gasteiger partial charge in [-0.05, 0) is 0 Å². The molecule has 3 heteroatoms. The molecule has 3 aliphatic rings. The van der Waals surface area contributed by atoms with Gasteiger partial charge in [-0.1, -0.05) is 0 Å². The Bertz CT molecular complexity index is 258. The third kappa shape index (κ3) is 2.38. The van der Waals surface area contributed by atoms with Crippen molar-refractivity contribution in [1.82, 2.24) is 3.53 Å². The van der Waals surface area contributed by atoms with E-state index in [1.165, 1.54) is 6.42 Å². The molecule has 16 heavy (non-hydrogen) atoms. The van der Waals surface area contributed by atoms with Crippen molar-refractivity contribution in [2.75, 3.05) is 9.36 Å². The van der Waals surface area contributed by atoms with Crippen molar-refractivity contribution in [2.24, 2.45) is 29.6 Å². The van der Waals surface area contributed by atoms with E-state index in [0.29, 0.717) is 0 Å². The van der Waals surface area contributed by atoms with Crippen LogP contribution in [0.2, 0.25) is 0 Å². The predicted molar refractivity (Wildman–Crippen MR) is 74.1 cm³/mol. The van der Waals surface area contributed by atoms with Crippen LogP contribution in [0.15, 0.2) is 0 Å². The van der Waals surface area contributed by atoms with Crippen LogP contribution in [0.1, 0.15) is 26.7 Å². The van der Waals surface area contributed by atoms with E-state index in [0.717, 1.165) is 35.6 Å². The molecule has 5 atom stereocenters. The Morgan fingerprint density at radius 2 is 2.06 bits per heavy atom. The summed E-state index contributed by atoms with van der Waals surface area (Å²) in [5, 5.41) is 0. The van der Waals surface area contributed by atoms with E-state index in [1.54, 1.807) is 10.8 Å². The normalized spacial score (nSPS) is 48.0. The van der Waals surface area contributed by atoms with Crippen LogP contribution in [-0.2, 0) is 19.5 Å². The number of rotatable bonds is 1. The molecule has 90 valence electrons. The fourth-order valence-electron chi connectivity index (χ4n) is 3.97. The fraction of sp³-hybridized carbons (Fsp3) is 0.923. The minimum Gasteiger partial charge on any atom is 0 e. The van der Waals surface area contributed by atoms with Crippen LogP contribution in [0.25, 0.3) is 0 Å². The first-order valence-corrected chi connectivity index (χ1v) is 11.1. The van der Waals surface area contributed by atoms with Crippen LogP contribution in [0.5, 0.6) is 0 Å². The van der Waals surface area contributed by atoms with Crippen molar-refractivity contribution in [1.29, 1.82) is 0 Å². The summed E-state index contributed by atoms with van der Waals surface area (Å²) in [6, 6.07) is 0.820. The summed E-state index contributed by atoms with van der Waals surface area (Å²) in [6.45, 7) is 4.84. The molecule has 3 rings (SSSR count). The van der Waals surface area contributed by atoms with E-state index in [9.17, 15) is 0 Å². The molecule has 0 aromatic carbocycles. The van der Waals surface area contributed by atoms with Gasteiger partial charge in [0, 0.05) is 19.5 Å². The second-order valence-electron chi connectivity index (χ2n) is 6.00. The molecule has 3 fully saturated rings. The molecule has 1 nitrogen and oxygen atoms in total. The van der Waals surface area contributed by atoms with E-state index in [2.05, 4.69) is 28.7 Å². The molecule has 1 aliphatic heterocycles. The zero-order valence-corrected chi connectivity index (χ0v) is 15.9. The average molecular weight is 386 g/mol. The summed E-state index contributed by atoms with van der Waals surface area (Å²) < 4.78 is 5.45. The molecule has 1 N–H and O–H groups in total. The monoisotopic (exact) mass is 384 g/mol. The standard InChI is InChI=1S/C13H23IN.Zn/c1-8(2)13-10-4-5-12-9(6-11(10)13)7-14(3)15-12;/h5,8-13,15H,4,6-7H2,1-3H3;/q-1;/t9-,10+,11-,12-,13?;/m0./s1. The van der Waals surface area contributed by atoms with Crippen molar-refractivity contribution >= 4 is 20.1 Å². The molecule has 2 saturated carbocycles. The Hall–Kier alpha value is 1.31. The van der Waals surface area contributed by atoms with E-state index in [1.807, 2.05) is 0 Å². The molecular weight excluding hydrogens is 362 g/mol. The average Bonchev–Trinajstić information content (AvgIpc) is 2.76. The van der Waals surface area contributed by atoms with Crippen molar-refractivity contribution in [2.45, 2.75) is 32.7 Å². The van der Waals surface area contributed by atoms with Gasteiger partial charge < -0.3 is 0 Å². The van der Waals surface area contributed by atoms with Crippen molar-refractivity contribution in [3.63, 3.8) is 0 Å². The Morgan fingerprint density at radius 3 is 2.75 bits per heavy atom. The van der Waals surface area contributed by atoms with Crippen LogP contribution in [0.3, 0.4) is 0 Å². The number of halogens is 1. The molecule has 0 aromatic rings. The Morgan fingerprint density at radius 1 is 1.31 bits per heavy atom. The smallest absolute Gasteiger partial charge is 0 e. The first-order valence-electron chi connectivity index (χ1n) is 6.32. The number of fused-ring (bicyclic) bond motifs is 2. The van der Waals surface area contributed by atoms with Gasteiger partial charge in [-0.2, -0.15) is 0 Å². The third-order valence-electron chi connectivity index (χ3n) is 4.65. The molecule has 1 saturated heterocycles. The number of hydrogen-bond acceptors (Lipinski definition) is 1. The number of hydrogen-bond donors (Lipinski definition) is 1. The number of alkyl halides is 2. The molecule has 0 bridgehead atoms. The first-order chi connectivity index (χ1) is 7.16. The van der Waals surface area contributed by atoms with Gasteiger partial charge in [0.1, 0.15) is 0 Å². The molecule has 1 unspecified atom stereocenters. The minimum atomic E-state index is -0.678.